The van der Waals surface area contributed by atoms with E-state index in [9.17, 15) is 14.7 Å². The summed E-state index contributed by atoms with van der Waals surface area (Å²) < 4.78 is 0. The van der Waals surface area contributed by atoms with Crippen molar-refractivity contribution in [2.45, 2.75) is 32.8 Å². The molecule has 0 aromatic heterocycles. The number of carbonyl (C=O) groups is 2. The minimum atomic E-state index is -0.779. The summed E-state index contributed by atoms with van der Waals surface area (Å²) in [7, 11) is 0. The van der Waals surface area contributed by atoms with Crippen molar-refractivity contribution < 1.29 is 14.7 Å². The Morgan fingerprint density at radius 1 is 1.35 bits per heavy atom. The number of halogens is 1. The quantitative estimate of drug-likeness (QED) is 0.726. The SMILES string of the molecule is CCCC(O)CNC(=O)C(=O)Nc1cc(Cl)ccc1C. The maximum absolute atomic E-state index is 11.7. The zero-order chi connectivity index (χ0) is 15.1. The van der Waals surface area contributed by atoms with Crippen molar-refractivity contribution in [3.8, 4) is 0 Å². The van der Waals surface area contributed by atoms with E-state index in [1.54, 1.807) is 25.1 Å². The largest absolute Gasteiger partial charge is 0.391 e. The Hall–Kier alpha value is -1.59. The highest BCUT2D eigenvalue weighted by molar-refractivity contribution is 6.40. The van der Waals surface area contributed by atoms with Gasteiger partial charge < -0.3 is 15.7 Å². The predicted molar refractivity (Wildman–Crippen MR) is 78.7 cm³/mol. The summed E-state index contributed by atoms with van der Waals surface area (Å²) in [6.45, 7) is 3.79. The second-order valence-corrected chi connectivity index (χ2v) is 5.00. The first-order valence-electron chi connectivity index (χ1n) is 6.47. The van der Waals surface area contributed by atoms with Gasteiger partial charge in [0, 0.05) is 17.3 Å². The minimum absolute atomic E-state index is 0.0641. The fourth-order valence-electron chi connectivity index (χ4n) is 1.63. The van der Waals surface area contributed by atoms with E-state index in [0.717, 1.165) is 12.0 Å². The molecule has 5 nitrogen and oxygen atoms in total. The lowest BCUT2D eigenvalue weighted by Crippen LogP contribution is -2.39. The molecular weight excluding hydrogens is 280 g/mol. The van der Waals surface area contributed by atoms with Crippen molar-refractivity contribution in [1.29, 1.82) is 0 Å². The number of hydrogen-bond acceptors (Lipinski definition) is 3. The van der Waals surface area contributed by atoms with E-state index in [2.05, 4.69) is 10.6 Å². The van der Waals surface area contributed by atoms with Crippen molar-refractivity contribution in [3.05, 3.63) is 28.8 Å². The van der Waals surface area contributed by atoms with E-state index < -0.39 is 17.9 Å². The summed E-state index contributed by atoms with van der Waals surface area (Å²) in [4.78, 5) is 23.3. The molecule has 1 atom stereocenters. The maximum atomic E-state index is 11.7. The molecule has 0 spiro atoms. The van der Waals surface area contributed by atoms with E-state index in [-0.39, 0.29) is 6.54 Å². The van der Waals surface area contributed by atoms with Crippen LogP contribution in [0.15, 0.2) is 18.2 Å². The Morgan fingerprint density at radius 3 is 2.70 bits per heavy atom. The lowest BCUT2D eigenvalue weighted by Gasteiger charge is -2.11. The fourth-order valence-corrected chi connectivity index (χ4v) is 1.81. The zero-order valence-corrected chi connectivity index (χ0v) is 12.3. The smallest absolute Gasteiger partial charge is 0.313 e. The van der Waals surface area contributed by atoms with Gasteiger partial charge in [-0.05, 0) is 31.0 Å². The highest BCUT2D eigenvalue weighted by Crippen LogP contribution is 2.19. The van der Waals surface area contributed by atoms with Gasteiger partial charge in [0.15, 0.2) is 0 Å². The molecule has 0 saturated carbocycles. The highest BCUT2D eigenvalue weighted by Gasteiger charge is 2.15. The molecule has 0 bridgehead atoms. The van der Waals surface area contributed by atoms with Crippen LogP contribution in [0.2, 0.25) is 5.02 Å². The standard InChI is InChI=1S/C14H19ClN2O3/c1-3-4-11(18)8-16-13(19)14(20)17-12-7-10(15)6-5-9(12)2/h5-7,11,18H,3-4,8H2,1-2H3,(H,16,19)(H,17,20). The number of rotatable bonds is 5. The molecule has 0 saturated heterocycles. The van der Waals surface area contributed by atoms with Crippen molar-refractivity contribution in [2.24, 2.45) is 0 Å². The summed E-state index contributed by atoms with van der Waals surface area (Å²) in [5.41, 5.74) is 1.30. The van der Waals surface area contributed by atoms with Crippen LogP contribution in [-0.4, -0.2) is 29.6 Å². The van der Waals surface area contributed by atoms with Crippen LogP contribution >= 0.6 is 11.6 Å². The van der Waals surface area contributed by atoms with Gasteiger partial charge >= 0.3 is 11.8 Å². The Labute approximate surface area is 123 Å². The van der Waals surface area contributed by atoms with Crippen LogP contribution in [-0.2, 0) is 9.59 Å². The van der Waals surface area contributed by atoms with Crippen molar-refractivity contribution in [1.82, 2.24) is 5.32 Å². The Morgan fingerprint density at radius 2 is 2.05 bits per heavy atom. The van der Waals surface area contributed by atoms with Crippen LogP contribution < -0.4 is 10.6 Å². The zero-order valence-electron chi connectivity index (χ0n) is 11.6. The number of aliphatic hydroxyl groups excluding tert-OH is 1. The van der Waals surface area contributed by atoms with Gasteiger partial charge in [0.1, 0.15) is 0 Å². The first-order chi connectivity index (χ1) is 9.43. The molecule has 0 aliphatic rings. The monoisotopic (exact) mass is 298 g/mol. The average Bonchev–Trinajstić information content (AvgIpc) is 2.40. The molecular formula is C14H19ClN2O3. The first kappa shape index (κ1) is 16.5. The molecule has 1 aromatic rings. The summed E-state index contributed by atoms with van der Waals surface area (Å²) in [6, 6.07) is 5.03. The van der Waals surface area contributed by atoms with Crippen LogP contribution in [0, 0.1) is 6.92 Å². The van der Waals surface area contributed by atoms with Gasteiger partial charge in [-0.3, -0.25) is 9.59 Å². The second-order valence-electron chi connectivity index (χ2n) is 4.57. The molecule has 0 fully saturated rings. The van der Waals surface area contributed by atoms with Crippen LogP contribution in [0.1, 0.15) is 25.3 Å². The number of anilines is 1. The number of aryl methyl sites for hydroxylation is 1. The van der Waals surface area contributed by atoms with Crippen molar-refractivity contribution in [3.63, 3.8) is 0 Å². The molecule has 20 heavy (non-hydrogen) atoms. The number of aliphatic hydroxyl groups is 1. The third-order valence-electron chi connectivity index (χ3n) is 2.77. The van der Waals surface area contributed by atoms with Crippen LogP contribution in [0.5, 0.6) is 0 Å². The molecule has 0 aliphatic carbocycles. The molecule has 0 aliphatic heterocycles. The van der Waals surface area contributed by atoms with E-state index in [4.69, 9.17) is 11.6 Å². The molecule has 6 heteroatoms. The minimum Gasteiger partial charge on any atom is -0.391 e. The van der Waals surface area contributed by atoms with Gasteiger partial charge in [-0.1, -0.05) is 31.0 Å². The first-order valence-corrected chi connectivity index (χ1v) is 6.85. The summed E-state index contributed by atoms with van der Waals surface area (Å²) in [5.74, 6) is -1.56. The number of benzene rings is 1. The molecule has 3 N–H and O–H groups in total. The van der Waals surface area contributed by atoms with Crippen molar-refractivity contribution in [2.75, 3.05) is 11.9 Å². The van der Waals surface area contributed by atoms with Gasteiger partial charge in [-0.25, -0.2) is 0 Å². The fraction of sp³-hybridized carbons (Fsp3) is 0.429. The normalized spacial score (nSPS) is 11.8. The van der Waals surface area contributed by atoms with E-state index in [1.807, 2.05) is 6.92 Å². The summed E-state index contributed by atoms with van der Waals surface area (Å²) in [6.07, 6.45) is 0.755. The molecule has 2 amide bonds. The van der Waals surface area contributed by atoms with Gasteiger partial charge in [0.25, 0.3) is 0 Å². The van der Waals surface area contributed by atoms with E-state index in [1.165, 1.54) is 0 Å². The number of nitrogens with one attached hydrogen (secondary N) is 2. The molecule has 1 aromatic carbocycles. The Kier molecular flexibility index (Phi) is 6.48. The lowest BCUT2D eigenvalue weighted by atomic mass is 10.2. The number of hydrogen-bond donors (Lipinski definition) is 3. The highest BCUT2D eigenvalue weighted by atomic mass is 35.5. The average molecular weight is 299 g/mol. The maximum Gasteiger partial charge on any atom is 0.313 e. The van der Waals surface area contributed by atoms with Gasteiger partial charge in [-0.15, -0.1) is 0 Å². The predicted octanol–water partition coefficient (Wildman–Crippen LogP) is 1.86. The van der Waals surface area contributed by atoms with Crippen LogP contribution in [0.25, 0.3) is 0 Å². The number of amides is 2. The topological polar surface area (TPSA) is 78.4 Å². The molecule has 1 unspecified atom stereocenters. The Balaban J connectivity index is 2.53. The molecule has 0 heterocycles. The van der Waals surface area contributed by atoms with Gasteiger partial charge in [-0.2, -0.15) is 0 Å². The van der Waals surface area contributed by atoms with Gasteiger partial charge in [0.05, 0.1) is 6.10 Å². The van der Waals surface area contributed by atoms with E-state index >= 15 is 0 Å². The third kappa shape index (κ3) is 5.19. The van der Waals surface area contributed by atoms with Crippen molar-refractivity contribution >= 4 is 29.1 Å². The van der Waals surface area contributed by atoms with Gasteiger partial charge in [0.2, 0.25) is 0 Å². The van der Waals surface area contributed by atoms with E-state index in [0.29, 0.717) is 17.1 Å². The number of carbonyl (C=O) groups excluding carboxylic acids is 2. The third-order valence-corrected chi connectivity index (χ3v) is 3.01. The summed E-state index contributed by atoms with van der Waals surface area (Å²) >= 11 is 5.83. The summed E-state index contributed by atoms with van der Waals surface area (Å²) in [5, 5.41) is 14.8. The lowest BCUT2D eigenvalue weighted by molar-refractivity contribution is -0.136. The molecule has 110 valence electrons. The second kappa shape index (κ2) is 7.87. The molecule has 0 radical (unpaired) electrons. The van der Waals surface area contributed by atoms with Crippen LogP contribution in [0.4, 0.5) is 5.69 Å². The van der Waals surface area contributed by atoms with Crippen LogP contribution in [0.3, 0.4) is 0 Å². The molecule has 1 rings (SSSR count). The Bertz CT molecular complexity index is 491.